The molecule has 2 aromatic rings. The highest BCUT2D eigenvalue weighted by Crippen LogP contribution is 2.17. The number of carbonyl (C=O) groups is 1. The number of amides is 1. The highest BCUT2D eigenvalue weighted by molar-refractivity contribution is 6.62. The molecule has 3 heteroatoms. The summed E-state index contributed by atoms with van der Waals surface area (Å²) in [5, 5.41) is 4.42. The van der Waals surface area contributed by atoms with Crippen molar-refractivity contribution in [1.82, 2.24) is 5.32 Å². The monoisotopic (exact) mass is 233 g/mol. The molecule has 1 amide bonds. The summed E-state index contributed by atoms with van der Waals surface area (Å²) in [6.45, 7) is 2.53. The number of halogens is 1. The van der Waals surface area contributed by atoms with Gasteiger partial charge in [0, 0.05) is 6.54 Å². The summed E-state index contributed by atoms with van der Waals surface area (Å²) < 4.78 is 0. The normalized spacial score (nSPS) is 10.4. The van der Waals surface area contributed by atoms with Crippen LogP contribution in [0.15, 0.2) is 36.4 Å². The lowest BCUT2D eigenvalue weighted by atomic mass is 10.0. The van der Waals surface area contributed by atoms with Crippen LogP contribution in [0.3, 0.4) is 0 Å². The van der Waals surface area contributed by atoms with Crippen molar-refractivity contribution in [2.75, 3.05) is 0 Å². The van der Waals surface area contributed by atoms with Gasteiger partial charge >= 0.3 is 5.37 Å². The molecule has 0 fully saturated rings. The van der Waals surface area contributed by atoms with E-state index in [2.05, 4.69) is 42.6 Å². The lowest BCUT2D eigenvalue weighted by Crippen LogP contribution is -2.15. The smallest absolute Gasteiger partial charge is 0.314 e. The fourth-order valence-corrected chi connectivity index (χ4v) is 1.76. The Kier molecular flexibility index (Phi) is 3.11. The van der Waals surface area contributed by atoms with E-state index in [4.69, 9.17) is 11.6 Å². The second-order valence-corrected chi connectivity index (χ2v) is 4.16. The zero-order valence-electron chi connectivity index (χ0n) is 8.96. The van der Waals surface area contributed by atoms with Crippen molar-refractivity contribution in [2.45, 2.75) is 13.5 Å². The van der Waals surface area contributed by atoms with Crippen LogP contribution in [0.5, 0.6) is 0 Å². The van der Waals surface area contributed by atoms with E-state index in [1.54, 1.807) is 0 Å². The van der Waals surface area contributed by atoms with Gasteiger partial charge in [0.15, 0.2) is 0 Å². The molecule has 2 aromatic carbocycles. The Morgan fingerprint density at radius 3 is 2.62 bits per heavy atom. The number of hydrogen-bond donors (Lipinski definition) is 1. The number of carbonyl (C=O) groups excluding carboxylic acids is 1. The molecule has 82 valence electrons. The first-order valence-electron chi connectivity index (χ1n) is 5.08. The van der Waals surface area contributed by atoms with E-state index in [0.29, 0.717) is 6.54 Å². The van der Waals surface area contributed by atoms with E-state index in [1.165, 1.54) is 16.3 Å². The van der Waals surface area contributed by atoms with Crippen LogP contribution in [0, 0.1) is 6.92 Å². The lowest BCUT2D eigenvalue weighted by molar-refractivity contribution is 0.259. The fourth-order valence-electron chi connectivity index (χ4n) is 1.70. The first-order chi connectivity index (χ1) is 7.65. The number of aryl methyl sites for hydroxylation is 1. The topological polar surface area (TPSA) is 29.1 Å². The van der Waals surface area contributed by atoms with Crippen LogP contribution < -0.4 is 5.32 Å². The number of nitrogens with one attached hydrogen (secondary N) is 1. The molecule has 0 heterocycles. The van der Waals surface area contributed by atoms with Crippen molar-refractivity contribution in [2.24, 2.45) is 0 Å². The molecular weight excluding hydrogens is 222 g/mol. The highest BCUT2D eigenvalue weighted by Gasteiger charge is 1.98. The van der Waals surface area contributed by atoms with Crippen LogP contribution in [-0.4, -0.2) is 5.37 Å². The van der Waals surface area contributed by atoms with Gasteiger partial charge in [-0.05, 0) is 40.9 Å². The van der Waals surface area contributed by atoms with Gasteiger partial charge in [-0.3, -0.25) is 4.79 Å². The van der Waals surface area contributed by atoms with Crippen molar-refractivity contribution >= 4 is 27.7 Å². The zero-order valence-corrected chi connectivity index (χ0v) is 9.71. The van der Waals surface area contributed by atoms with Gasteiger partial charge in [0.25, 0.3) is 0 Å². The molecule has 0 radical (unpaired) electrons. The molecule has 0 aliphatic carbocycles. The van der Waals surface area contributed by atoms with Crippen molar-refractivity contribution in [3.05, 3.63) is 47.5 Å². The summed E-state index contributed by atoms with van der Waals surface area (Å²) in [6, 6.07) is 12.4. The summed E-state index contributed by atoms with van der Waals surface area (Å²) >= 11 is 5.22. The van der Waals surface area contributed by atoms with Crippen LogP contribution in [0.2, 0.25) is 0 Å². The second kappa shape index (κ2) is 4.54. The van der Waals surface area contributed by atoms with Gasteiger partial charge in [0.2, 0.25) is 0 Å². The number of hydrogen-bond acceptors (Lipinski definition) is 1. The molecule has 2 nitrogen and oxygen atoms in total. The van der Waals surface area contributed by atoms with Gasteiger partial charge in [-0.2, -0.15) is 0 Å². The maximum Gasteiger partial charge on any atom is 0.314 e. The molecule has 0 aliphatic rings. The predicted molar refractivity (Wildman–Crippen MR) is 66.8 cm³/mol. The minimum atomic E-state index is -0.524. The maximum absolute atomic E-state index is 10.6. The molecule has 0 saturated heterocycles. The van der Waals surface area contributed by atoms with E-state index in [9.17, 15) is 4.79 Å². The molecule has 2 rings (SSSR count). The molecule has 16 heavy (non-hydrogen) atoms. The third kappa shape index (κ3) is 2.52. The molecule has 0 aromatic heterocycles. The van der Waals surface area contributed by atoms with E-state index >= 15 is 0 Å². The average Bonchev–Trinajstić information content (AvgIpc) is 2.26. The van der Waals surface area contributed by atoms with Crippen molar-refractivity contribution < 1.29 is 4.79 Å². The molecule has 0 bridgehead atoms. The molecule has 0 saturated carbocycles. The Morgan fingerprint density at radius 1 is 1.19 bits per heavy atom. The maximum atomic E-state index is 10.6. The summed E-state index contributed by atoms with van der Waals surface area (Å²) in [5.74, 6) is 0. The minimum absolute atomic E-state index is 0.464. The minimum Gasteiger partial charge on any atom is -0.339 e. The predicted octanol–water partition coefficient (Wildman–Crippen LogP) is 3.60. The van der Waals surface area contributed by atoms with E-state index in [-0.39, 0.29) is 0 Å². The lowest BCUT2D eigenvalue weighted by Gasteiger charge is -2.04. The third-order valence-corrected chi connectivity index (χ3v) is 2.63. The van der Waals surface area contributed by atoms with Crippen LogP contribution in [0.1, 0.15) is 11.1 Å². The fraction of sp³-hybridized carbons (Fsp3) is 0.154. The Balaban J connectivity index is 2.30. The second-order valence-electron chi connectivity index (χ2n) is 3.81. The van der Waals surface area contributed by atoms with Crippen molar-refractivity contribution in [1.29, 1.82) is 0 Å². The van der Waals surface area contributed by atoms with Gasteiger partial charge < -0.3 is 5.32 Å². The van der Waals surface area contributed by atoms with Crippen LogP contribution in [0.4, 0.5) is 4.79 Å². The molecule has 1 N–H and O–H groups in total. The number of rotatable bonds is 2. The SMILES string of the molecule is Cc1ccc2cc(CNC(=O)Cl)ccc2c1. The largest absolute Gasteiger partial charge is 0.339 e. The third-order valence-electron chi connectivity index (χ3n) is 2.49. The molecular formula is C13H12ClNO. The highest BCUT2D eigenvalue weighted by atomic mass is 35.5. The number of fused-ring (bicyclic) bond motifs is 1. The quantitative estimate of drug-likeness (QED) is 0.623. The van der Waals surface area contributed by atoms with Crippen LogP contribution >= 0.6 is 11.6 Å². The molecule has 0 spiro atoms. The number of benzene rings is 2. The van der Waals surface area contributed by atoms with Gasteiger partial charge in [0.1, 0.15) is 0 Å². The summed E-state index contributed by atoms with van der Waals surface area (Å²) in [6.07, 6.45) is 0. The first kappa shape index (κ1) is 11.0. The molecule has 0 unspecified atom stereocenters. The zero-order chi connectivity index (χ0) is 11.5. The van der Waals surface area contributed by atoms with Gasteiger partial charge in [0.05, 0.1) is 0 Å². The van der Waals surface area contributed by atoms with Gasteiger partial charge in [-0.25, -0.2) is 0 Å². The first-order valence-corrected chi connectivity index (χ1v) is 5.45. The average molecular weight is 234 g/mol. The van der Waals surface area contributed by atoms with E-state index in [0.717, 1.165) is 5.56 Å². The summed E-state index contributed by atoms with van der Waals surface area (Å²) in [5.41, 5.74) is 2.29. The van der Waals surface area contributed by atoms with E-state index in [1.807, 2.05) is 6.07 Å². The van der Waals surface area contributed by atoms with Gasteiger partial charge in [-0.1, -0.05) is 35.9 Å². The Hall–Kier alpha value is -1.54. The van der Waals surface area contributed by atoms with Gasteiger partial charge in [-0.15, -0.1) is 0 Å². The van der Waals surface area contributed by atoms with Crippen LogP contribution in [-0.2, 0) is 6.54 Å². The van der Waals surface area contributed by atoms with Crippen molar-refractivity contribution in [3.8, 4) is 0 Å². The Morgan fingerprint density at radius 2 is 1.88 bits per heavy atom. The molecule has 0 atom stereocenters. The standard InChI is InChI=1S/C13H12ClNO/c1-9-2-4-12-7-10(8-15-13(14)16)3-5-11(12)6-9/h2-7H,8H2,1H3,(H,15,16). The molecule has 0 aliphatic heterocycles. The van der Waals surface area contributed by atoms with Crippen LogP contribution in [0.25, 0.3) is 10.8 Å². The summed E-state index contributed by atoms with van der Waals surface area (Å²) in [4.78, 5) is 10.6. The summed E-state index contributed by atoms with van der Waals surface area (Å²) in [7, 11) is 0. The van der Waals surface area contributed by atoms with E-state index < -0.39 is 5.37 Å². The Bertz CT molecular complexity index is 536. The Labute approximate surface area is 99.2 Å². The van der Waals surface area contributed by atoms with Crippen molar-refractivity contribution in [3.63, 3.8) is 0 Å².